The Kier molecular flexibility index (Phi) is 55.1. The minimum atomic E-state index is -1.57. The van der Waals surface area contributed by atoms with Gasteiger partial charge in [-0.1, -0.05) is 289 Å². The summed E-state index contributed by atoms with van der Waals surface area (Å²) in [6.07, 6.45) is 61.8. The van der Waals surface area contributed by atoms with Crippen LogP contribution in [0.1, 0.15) is 335 Å². The molecule has 1 heterocycles. The molecular weight excluding hydrogens is 991 g/mol. The number of unbranched alkanes of at least 4 members (excludes halogenated alkanes) is 44. The number of esters is 1. The first kappa shape index (κ1) is 75.2. The average molecular weight is 1120 g/mol. The van der Waals surface area contributed by atoms with E-state index in [-0.39, 0.29) is 18.5 Å². The van der Waals surface area contributed by atoms with Crippen molar-refractivity contribution in [2.75, 3.05) is 19.8 Å². The van der Waals surface area contributed by atoms with Gasteiger partial charge in [0.2, 0.25) is 5.91 Å². The molecule has 0 aliphatic carbocycles. The van der Waals surface area contributed by atoms with Gasteiger partial charge in [-0.05, 0) is 57.8 Å². The van der Waals surface area contributed by atoms with Crippen LogP contribution in [0, 0.1) is 0 Å². The number of ether oxygens (including phenoxy) is 3. The molecule has 466 valence electrons. The normalized spacial score (nSPS) is 18.5. The van der Waals surface area contributed by atoms with Gasteiger partial charge in [0.1, 0.15) is 24.4 Å². The van der Waals surface area contributed by atoms with Crippen molar-refractivity contribution in [1.29, 1.82) is 0 Å². The van der Waals surface area contributed by atoms with Crippen molar-refractivity contribution in [2.24, 2.45) is 0 Å². The lowest BCUT2D eigenvalue weighted by atomic mass is 9.99. The first-order valence-electron chi connectivity index (χ1n) is 34.1. The van der Waals surface area contributed by atoms with Crippen LogP contribution in [0.15, 0.2) is 24.3 Å². The summed E-state index contributed by atoms with van der Waals surface area (Å²) < 4.78 is 16.7. The lowest BCUT2D eigenvalue weighted by molar-refractivity contribution is -0.302. The van der Waals surface area contributed by atoms with Gasteiger partial charge in [0.05, 0.1) is 32.0 Å². The fraction of sp³-hybridized carbons (Fsp3) is 0.912. The van der Waals surface area contributed by atoms with E-state index < -0.39 is 49.5 Å². The Balaban J connectivity index is 1.93. The molecule has 11 heteroatoms. The van der Waals surface area contributed by atoms with Crippen LogP contribution < -0.4 is 5.32 Å². The van der Waals surface area contributed by atoms with Crippen LogP contribution in [-0.2, 0) is 23.8 Å². The summed E-state index contributed by atoms with van der Waals surface area (Å²) in [5.41, 5.74) is 0. The van der Waals surface area contributed by atoms with Crippen LogP contribution >= 0.6 is 0 Å². The number of rotatable bonds is 60. The maximum absolute atomic E-state index is 13.0. The summed E-state index contributed by atoms with van der Waals surface area (Å²) in [6, 6.07) is -0.806. The molecule has 1 fully saturated rings. The molecule has 7 unspecified atom stereocenters. The number of amides is 1. The maximum atomic E-state index is 13.0. The lowest BCUT2D eigenvalue weighted by Gasteiger charge is -2.40. The van der Waals surface area contributed by atoms with Crippen molar-refractivity contribution in [3.63, 3.8) is 0 Å². The third-order valence-corrected chi connectivity index (χ3v) is 16.3. The predicted molar refractivity (Wildman–Crippen MR) is 329 cm³/mol. The summed E-state index contributed by atoms with van der Waals surface area (Å²) in [4.78, 5) is 25.0. The minimum Gasteiger partial charge on any atom is -0.466 e. The molecule has 79 heavy (non-hydrogen) atoms. The van der Waals surface area contributed by atoms with Crippen molar-refractivity contribution in [2.45, 2.75) is 378 Å². The Hall–Kier alpha value is -1.86. The van der Waals surface area contributed by atoms with Gasteiger partial charge in [-0.2, -0.15) is 0 Å². The monoisotopic (exact) mass is 1120 g/mol. The number of hydrogen-bond donors (Lipinski definition) is 6. The first-order chi connectivity index (χ1) is 38.7. The van der Waals surface area contributed by atoms with E-state index in [9.17, 15) is 35.1 Å². The standard InChI is InChI=1S/C68H129NO10/c1-3-5-7-9-11-13-35-40-44-48-52-56-64(73)77-57-53-49-45-41-37-34-32-30-28-26-24-22-20-18-16-14-15-17-19-21-23-25-27-29-31-33-36-39-43-47-51-55-63(72)69-60(61(71)54-50-46-42-38-12-10-8-6-4-2)59-78-68-67(76)66(75)65(74)62(58-70)79-68/h16,18,50,54,60-62,65-68,70-71,74-76H,3-15,17,19-49,51-53,55-59H2,1-2H3,(H,69,72)/b18-16-,54-50+. The summed E-state index contributed by atoms with van der Waals surface area (Å²) in [5, 5.41) is 54.3. The third kappa shape index (κ3) is 47.2. The van der Waals surface area contributed by atoms with E-state index >= 15 is 0 Å². The van der Waals surface area contributed by atoms with Crippen molar-refractivity contribution >= 4 is 11.9 Å². The van der Waals surface area contributed by atoms with E-state index in [4.69, 9.17) is 14.2 Å². The Bertz CT molecular complexity index is 1360. The highest BCUT2D eigenvalue weighted by molar-refractivity contribution is 5.76. The van der Waals surface area contributed by atoms with Gasteiger partial charge < -0.3 is 45.1 Å². The van der Waals surface area contributed by atoms with Gasteiger partial charge in [-0.15, -0.1) is 0 Å². The number of allylic oxidation sites excluding steroid dienone is 3. The molecular formula is C68H129NO10. The molecule has 0 saturated carbocycles. The van der Waals surface area contributed by atoms with Crippen LogP contribution in [-0.4, -0.2) is 100 Å². The van der Waals surface area contributed by atoms with Crippen LogP contribution in [0.2, 0.25) is 0 Å². The predicted octanol–water partition coefficient (Wildman–Crippen LogP) is 16.8. The quantitative estimate of drug-likeness (QED) is 0.0195. The van der Waals surface area contributed by atoms with Crippen molar-refractivity contribution in [3.8, 4) is 0 Å². The summed E-state index contributed by atoms with van der Waals surface area (Å²) in [5.74, 6) is -0.171. The largest absolute Gasteiger partial charge is 0.466 e. The average Bonchev–Trinajstić information content (AvgIpc) is 3.49. The van der Waals surface area contributed by atoms with E-state index in [1.807, 2.05) is 6.08 Å². The third-order valence-electron chi connectivity index (χ3n) is 16.3. The van der Waals surface area contributed by atoms with Gasteiger partial charge in [0.15, 0.2) is 6.29 Å². The smallest absolute Gasteiger partial charge is 0.305 e. The topological polar surface area (TPSA) is 175 Å². The molecule has 0 radical (unpaired) electrons. The molecule has 0 bridgehead atoms. The first-order valence-corrected chi connectivity index (χ1v) is 34.1. The van der Waals surface area contributed by atoms with E-state index in [1.165, 1.54) is 257 Å². The number of hydrogen-bond acceptors (Lipinski definition) is 10. The fourth-order valence-electron chi connectivity index (χ4n) is 10.9. The molecule has 1 amide bonds. The summed E-state index contributed by atoms with van der Waals surface area (Å²) in [7, 11) is 0. The summed E-state index contributed by atoms with van der Waals surface area (Å²) >= 11 is 0. The lowest BCUT2D eigenvalue weighted by Crippen LogP contribution is -2.60. The molecule has 1 aliphatic heterocycles. The second-order valence-electron chi connectivity index (χ2n) is 23.9. The van der Waals surface area contributed by atoms with Crippen LogP contribution in [0.3, 0.4) is 0 Å². The van der Waals surface area contributed by atoms with E-state index in [2.05, 4.69) is 31.3 Å². The van der Waals surface area contributed by atoms with Crippen molar-refractivity contribution in [1.82, 2.24) is 5.32 Å². The van der Waals surface area contributed by atoms with E-state index in [1.54, 1.807) is 6.08 Å². The van der Waals surface area contributed by atoms with E-state index in [0.29, 0.717) is 19.4 Å². The number of nitrogens with one attached hydrogen (secondary N) is 1. The highest BCUT2D eigenvalue weighted by Crippen LogP contribution is 2.23. The van der Waals surface area contributed by atoms with Gasteiger partial charge in [-0.3, -0.25) is 9.59 Å². The highest BCUT2D eigenvalue weighted by Gasteiger charge is 2.44. The molecule has 1 aliphatic rings. The number of aliphatic hydroxyl groups excluding tert-OH is 5. The molecule has 11 nitrogen and oxygen atoms in total. The summed E-state index contributed by atoms with van der Waals surface area (Å²) in [6.45, 7) is 4.34. The second kappa shape index (κ2) is 57.9. The van der Waals surface area contributed by atoms with Gasteiger partial charge >= 0.3 is 5.97 Å². The molecule has 0 aromatic heterocycles. The maximum Gasteiger partial charge on any atom is 0.305 e. The molecule has 0 aromatic carbocycles. The Morgan fingerprint density at radius 1 is 0.456 bits per heavy atom. The Morgan fingerprint density at radius 2 is 0.810 bits per heavy atom. The van der Waals surface area contributed by atoms with Crippen molar-refractivity contribution < 1.29 is 49.3 Å². The fourth-order valence-corrected chi connectivity index (χ4v) is 10.9. The molecule has 0 spiro atoms. The zero-order valence-electron chi connectivity index (χ0n) is 51.6. The number of aliphatic hydroxyl groups is 5. The Labute approximate surface area is 486 Å². The Morgan fingerprint density at radius 3 is 1.22 bits per heavy atom. The van der Waals surface area contributed by atoms with Crippen LogP contribution in [0.25, 0.3) is 0 Å². The molecule has 7 atom stereocenters. The zero-order chi connectivity index (χ0) is 57.3. The molecule has 6 N–H and O–H groups in total. The van der Waals surface area contributed by atoms with Crippen LogP contribution in [0.4, 0.5) is 0 Å². The number of carbonyl (C=O) groups excluding carboxylic acids is 2. The van der Waals surface area contributed by atoms with Crippen LogP contribution in [0.5, 0.6) is 0 Å². The van der Waals surface area contributed by atoms with Gasteiger partial charge in [-0.25, -0.2) is 0 Å². The van der Waals surface area contributed by atoms with Crippen molar-refractivity contribution in [3.05, 3.63) is 24.3 Å². The second-order valence-corrected chi connectivity index (χ2v) is 23.9. The SMILES string of the molecule is CCCCCCCCC/C=C/C(O)C(COC1OC(CO)C(O)C(O)C1O)NC(=O)CCCCCCCCCCCCCCCCC/C=C\CCCCCCCCCCCCCCOC(=O)CCCCCCCCCCCCC. The van der Waals surface area contributed by atoms with Gasteiger partial charge in [0, 0.05) is 12.8 Å². The van der Waals surface area contributed by atoms with E-state index in [0.717, 1.165) is 51.4 Å². The molecule has 1 saturated heterocycles. The highest BCUT2D eigenvalue weighted by atomic mass is 16.7. The van der Waals surface area contributed by atoms with Gasteiger partial charge in [0.25, 0.3) is 0 Å². The number of carbonyl (C=O) groups is 2. The zero-order valence-corrected chi connectivity index (χ0v) is 51.6. The molecule has 0 aromatic rings. The minimum absolute atomic E-state index is 0.00972. The molecule has 1 rings (SSSR count).